The van der Waals surface area contributed by atoms with E-state index >= 15 is 0 Å². The molecule has 0 spiro atoms. The monoisotopic (exact) mass is 570 g/mol. The summed E-state index contributed by atoms with van der Waals surface area (Å²) in [6, 6.07) is 12.6. The van der Waals surface area contributed by atoms with Gasteiger partial charge < -0.3 is 25.8 Å². The molecule has 2 aromatic carbocycles. The van der Waals surface area contributed by atoms with Crippen LogP contribution in [0.2, 0.25) is 0 Å². The van der Waals surface area contributed by atoms with E-state index in [0.717, 1.165) is 6.07 Å². The van der Waals surface area contributed by atoms with Gasteiger partial charge in [0.05, 0.1) is 11.3 Å². The number of carboxylic acid groups (broad SMARTS) is 1. The molecule has 2 heterocycles. The van der Waals surface area contributed by atoms with Gasteiger partial charge in [-0.3, -0.25) is 9.20 Å². The van der Waals surface area contributed by atoms with Crippen LogP contribution in [0.25, 0.3) is 17.0 Å². The summed E-state index contributed by atoms with van der Waals surface area (Å²) >= 11 is 0. The number of carboxylic acids is 1. The fourth-order valence-corrected chi connectivity index (χ4v) is 3.92. The quantitative estimate of drug-likeness (QED) is 0.240. The number of benzene rings is 2. The van der Waals surface area contributed by atoms with Gasteiger partial charge in [-0.15, -0.1) is 23.4 Å². The lowest BCUT2D eigenvalue weighted by molar-refractivity contribution is -0.274. The number of fused-ring (bicyclic) bond motifs is 1. The van der Waals surface area contributed by atoms with Crippen molar-refractivity contribution in [2.45, 2.75) is 33.2 Å². The second kappa shape index (κ2) is 11.2. The van der Waals surface area contributed by atoms with Gasteiger partial charge in [0, 0.05) is 17.4 Å². The number of hydrogen-bond donors (Lipinski definition) is 4. The van der Waals surface area contributed by atoms with Crippen molar-refractivity contribution in [2.75, 3.05) is 10.6 Å². The molecule has 0 aliphatic carbocycles. The zero-order chi connectivity index (χ0) is 29.9. The number of ether oxygens (including phenoxy) is 1. The standard InChI is InChI=1S/C27H25F3N6O5/c1-26(2,3)20(24(38)39)33-23(37)17-7-6-14-36-21(34-35-22(17)36)15-10-12-16(13-11-15)31-25(40)32-18-8-4-5-9-19(18)41-27(28,29)30/h4-14,20H,1-3H3,(H,33,37)(H,38,39)(H2,31,32,40)/t20-/m1/s1. The third-order valence-corrected chi connectivity index (χ3v) is 5.83. The van der Waals surface area contributed by atoms with Crippen LogP contribution in [0.5, 0.6) is 5.75 Å². The predicted octanol–water partition coefficient (Wildman–Crippen LogP) is 5.17. The molecule has 0 saturated heterocycles. The van der Waals surface area contributed by atoms with E-state index < -0.39 is 41.5 Å². The Morgan fingerprint density at radius 1 is 0.927 bits per heavy atom. The average molecular weight is 571 g/mol. The molecule has 11 nitrogen and oxygen atoms in total. The lowest BCUT2D eigenvalue weighted by Gasteiger charge is -2.27. The van der Waals surface area contributed by atoms with Gasteiger partial charge in [-0.2, -0.15) is 0 Å². The molecule has 0 fully saturated rings. The minimum absolute atomic E-state index is 0.131. The molecule has 4 N–H and O–H groups in total. The number of hydrogen-bond acceptors (Lipinski definition) is 6. The zero-order valence-corrected chi connectivity index (χ0v) is 22.0. The Hall–Kier alpha value is -5.14. The molecule has 0 aliphatic heterocycles. The maximum atomic E-state index is 13.0. The number of anilines is 2. The highest BCUT2D eigenvalue weighted by Gasteiger charge is 2.34. The van der Waals surface area contributed by atoms with Crippen LogP contribution in [0.15, 0.2) is 66.9 Å². The van der Waals surface area contributed by atoms with Crippen molar-refractivity contribution in [1.82, 2.24) is 19.9 Å². The van der Waals surface area contributed by atoms with Gasteiger partial charge in [0.15, 0.2) is 17.2 Å². The van der Waals surface area contributed by atoms with Crippen LogP contribution < -0.4 is 20.7 Å². The molecule has 41 heavy (non-hydrogen) atoms. The van der Waals surface area contributed by atoms with Gasteiger partial charge in [-0.25, -0.2) is 9.59 Å². The highest BCUT2D eigenvalue weighted by molar-refractivity contribution is 6.02. The number of urea groups is 1. The molecule has 4 aromatic rings. The number of amides is 3. The number of aliphatic carboxylic acids is 1. The lowest BCUT2D eigenvalue weighted by Crippen LogP contribution is -2.49. The van der Waals surface area contributed by atoms with Crippen LogP contribution in [0.1, 0.15) is 31.1 Å². The summed E-state index contributed by atoms with van der Waals surface area (Å²) < 4.78 is 43.4. The Kier molecular flexibility index (Phi) is 7.85. The first-order valence-electron chi connectivity index (χ1n) is 12.1. The van der Waals surface area contributed by atoms with E-state index in [-0.39, 0.29) is 16.9 Å². The van der Waals surface area contributed by atoms with E-state index in [1.165, 1.54) is 24.3 Å². The highest BCUT2D eigenvalue weighted by atomic mass is 19.4. The number of pyridine rings is 1. The number of para-hydroxylation sites is 2. The topological polar surface area (TPSA) is 147 Å². The Balaban J connectivity index is 1.50. The predicted molar refractivity (Wildman–Crippen MR) is 143 cm³/mol. The molecule has 0 aliphatic rings. The largest absolute Gasteiger partial charge is 0.573 e. The van der Waals surface area contributed by atoms with Crippen molar-refractivity contribution in [3.8, 4) is 17.1 Å². The van der Waals surface area contributed by atoms with E-state index in [1.807, 2.05) is 0 Å². The number of rotatable bonds is 7. The summed E-state index contributed by atoms with van der Waals surface area (Å²) in [6.07, 6.45) is -3.28. The first-order chi connectivity index (χ1) is 19.2. The van der Waals surface area contributed by atoms with Crippen molar-refractivity contribution in [3.63, 3.8) is 0 Å². The maximum absolute atomic E-state index is 13.0. The zero-order valence-electron chi connectivity index (χ0n) is 22.0. The smallest absolute Gasteiger partial charge is 0.480 e. The molecule has 3 amide bonds. The van der Waals surface area contributed by atoms with Gasteiger partial charge in [0.2, 0.25) is 0 Å². The van der Waals surface area contributed by atoms with Gasteiger partial charge in [-0.05, 0) is 53.9 Å². The first-order valence-corrected chi connectivity index (χ1v) is 12.1. The number of nitrogens with one attached hydrogen (secondary N) is 3. The normalized spacial score (nSPS) is 12.4. The van der Waals surface area contributed by atoms with Crippen LogP contribution in [0.4, 0.5) is 29.3 Å². The molecular formula is C27H25F3N6O5. The Morgan fingerprint density at radius 3 is 2.24 bits per heavy atom. The molecule has 0 radical (unpaired) electrons. The fraction of sp³-hybridized carbons (Fsp3) is 0.222. The molecule has 214 valence electrons. The minimum atomic E-state index is -4.92. The lowest BCUT2D eigenvalue weighted by atomic mass is 9.86. The van der Waals surface area contributed by atoms with E-state index in [9.17, 15) is 32.7 Å². The van der Waals surface area contributed by atoms with E-state index in [4.69, 9.17) is 0 Å². The first kappa shape index (κ1) is 28.9. The Morgan fingerprint density at radius 2 is 1.61 bits per heavy atom. The van der Waals surface area contributed by atoms with Gasteiger partial charge in [0.1, 0.15) is 6.04 Å². The number of nitrogens with zero attached hydrogens (tertiary/aromatic N) is 3. The summed E-state index contributed by atoms with van der Waals surface area (Å²) in [6.45, 7) is 5.10. The molecule has 2 aromatic heterocycles. The van der Waals surface area contributed by atoms with Crippen molar-refractivity contribution in [2.24, 2.45) is 5.41 Å². The second-order valence-corrected chi connectivity index (χ2v) is 9.95. The summed E-state index contributed by atoms with van der Waals surface area (Å²) in [5, 5.41) is 25.2. The SMILES string of the molecule is CC(C)(C)[C@H](NC(=O)c1cccn2c(-c3ccc(NC(=O)Nc4ccccc4OC(F)(F)F)cc3)nnc12)C(=O)O. The summed E-state index contributed by atoms with van der Waals surface area (Å²) in [4.78, 5) is 37.1. The van der Waals surface area contributed by atoms with Gasteiger partial charge in [-0.1, -0.05) is 32.9 Å². The van der Waals surface area contributed by atoms with Crippen molar-refractivity contribution < 1.29 is 37.4 Å². The highest BCUT2D eigenvalue weighted by Crippen LogP contribution is 2.30. The van der Waals surface area contributed by atoms with E-state index in [0.29, 0.717) is 17.1 Å². The van der Waals surface area contributed by atoms with Crippen molar-refractivity contribution in [1.29, 1.82) is 0 Å². The van der Waals surface area contributed by atoms with E-state index in [2.05, 4.69) is 30.9 Å². The number of carbonyl (C=O) groups excluding carboxylic acids is 2. The molecular weight excluding hydrogens is 545 g/mol. The fourth-order valence-electron chi connectivity index (χ4n) is 3.92. The number of aromatic nitrogens is 3. The summed E-state index contributed by atoms with van der Waals surface area (Å²) in [5.74, 6) is -1.98. The Bertz CT molecular complexity index is 1600. The van der Waals surface area contributed by atoms with E-state index in [1.54, 1.807) is 61.7 Å². The Labute approximate surface area is 231 Å². The summed E-state index contributed by atoms with van der Waals surface area (Å²) in [7, 11) is 0. The van der Waals surface area contributed by atoms with Gasteiger partial charge in [0.25, 0.3) is 5.91 Å². The molecule has 0 saturated carbocycles. The molecule has 1 atom stereocenters. The minimum Gasteiger partial charge on any atom is -0.480 e. The third kappa shape index (κ3) is 6.90. The number of alkyl halides is 3. The van der Waals surface area contributed by atoms with Crippen molar-refractivity contribution >= 4 is 34.9 Å². The third-order valence-electron chi connectivity index (χ3n) is 5.83. The van der Waals surface area contributed by atoms with Crippen LogP contribution in [-0.2, 0) is 4.79 Å². The molecule has 0 bridgehead atoms. The van der Waals surface area contributed by atoms with Crippen LogP contribution in [0.3, 0.4) is 0 Å². The molecule has 4 rings (SSSR count). The van der Waals surface area contributed by atoms with Crippen LogP contribution >= 0.6 is 0 Å². The average Bonchev–Trinajstić information content (AvgIpc) is 3.31. The maximum Gasteiger partial charge on any atom is 0.573 e. The number of carbonyl (C=O) groups is 3. The van der Waals surface area contributed by atoms with Crippen LogP contribution in [-0.4, -0.2) is 50.0 Å². The molecule has 0 unspecified atom stereocenters. The van der Waals surface area contributed by atoms with Crippen LogP contribution in [0, 0.1) is 5.41 Å². The van der Waals surface area contributed by atoms with Crippen molar-refractivity contribution in [3.05, 3.63) is 72.4 Å². The second-order valence-electron chi connectivity index (χ2n) is 9.95. The van der Waals surface area contributed by atoms with Gasteiger partial charge >= 0.3 is 18.4 Å². The summed E-state index contributed by atoms with van der Waals surface area (Å²) in [5.41, 5.74) is 0.328. The number of halogens is 3. The molecule has 14 heteroatoms.